The standard InChI is InChI=1S/C15H27NS/c1-14(2,3)13-6-9-15(12-16,10-7-13)8-5-11-17-4/h13H,5-11H2,1-4H3. The first-order valence-electron chi connectivity index (χ1n) is 6.84. The molecule has 2 heteroatoms. The van der Waals surface area contributed by atoms with E-state index in [0.717, 1.165) is 25.2 Å². The molecule has 0 aromatic heterocycles. The summed E-state index contributed by atoms with van der Waals surface area (Å²) in [4.78, 5) is 0. The first-order chi connectivity index (χ1) is 7.93. The average molecular weight is 253 g/mol. The van der Waals surface area contributed by atoms with Gasteiger partial charge in [-0.1, -0.05) is 20.8 Å². The van der Waals surface area contributed by atoms with E-state index in [0.29, 0.717) is 5.41 Å². The number of rotatable bonds is 4. The first kappa shape index (κ1) is 14.9. The van der Waals surface area contributed by atoms with E-state index in [1.54, 1.807) is 0 Å². The van der Waals surface area contributed by atoms with Gasteiger partial charge in [-0.2, -0.15) is 17.0 Å². The lowest BCUT2D eigenvalue weighted by molar-refractivity contribution is 0.115. The summed E-state index contributed by atoms with van der Waals surface area (Å²) in [5.41, 5.74) is 0.429. The van der Waals surface area contributed by atoms with E-state index < -0.39 is 0 Å². The third kappa shape index (κ3) is 4.21. The van der Waals surface area contributed by atoms with Crippen molar-refractivity contribution in [1.29, 1.82) is 5.26 Å². The fraction of sp³-hybridized carbons (Fsp3) is 0.933. The third-order valence-electron chi connectivity index (χ3n) is 4.41. The van der Waals surface area contributed by atoms with Crippen LogP contribution in [0.1, 0.15) is 59.3 Å². The van der Waals surface area contributed by atoms with Gasteiger partial charge >= 0.3 is 0 Å². The molecular formula is C15H27NS. The van der Waals surface area contributed by atoms with Gasteiger partial charge < -0.3 is 0 Å². The molecule has 1 nitrogen and oxygen atoms in total. The molecule has 0 saturated heterocycles. The van der Waals surface area contributed by atoms with Crippen LogP contribution in [0, 0.1) is 28.1 Å². The van der Waals surface area contributed by atoms with Gasteiger partial charge in [0.1, 0.15) is 0 Å². The second kappa shape index (κ2) is 6.14. The molecule has 0 heterocycles. The molecule has 0 radical (unpaired) electrons. The van der Waals surface area contributed by atoms with Crippen molar-refractivity contribution in [2.45, 2.75) is 59.3 Å². The molecular weight excluding hydrogens is 226 g/mol. The van der Waals surface area contributed by atoms with Crippen molar-refractivity contribution in [2.24, 2.45) is 16.7 Å². The summed E-state index contributed by atoms with van der Waals surface area (Å²) in [6, 6.07) is 2.64. The minimum atomic E-state index is 0.0114. The zero-order chi connectivity index (χ0) is 12.9. The van der Waals surface area contributed by atoms with E-state index in [-0.39, 0.29) is 5.41 Å². The topological polar surface area (TPSA) is 23.8 Å². The van der Waals surface area contributed by atoms with Gasteiger partial charge in [-0.05, 0) is 61.9 Å². The molecule has 1 rings (SSSR count). The Hall–Kier alpha value is -0.160. The minimum absolute atomic E-state index is 0.0114. The second-order valence-corrected chi connectivity index (χ2v) is 7.61. The number of nitriles is 1. The number of hydrogen-bond donors (Lipinski definition) is 0. The van der Waals surface area contributed by atoms with Crippen LogP contribution in [0.3, 0.4) is 0 Å². The van der Waals surface area contributed by atoms with Crippen molar-refractivity contribution < 1.29 is 0 Å². The maximum absolute atomic E-state index is 9.47. The summed E-state index contributed by atoms with van der Waals surface area (Å²) >= 11 is 1.89. The number of hydrogen-bond acceptors (Lipinski definition) is 2. The van der Waals surface area contributed by atoms with Gasteiger partial charge in [-0.15, -0.1) is 0 Å². The molecule has 1 saturated carbocycles. The Kier molecular flexibility index (Phi) is 5.38. The predicted octanol–water partition coefficient (Wildman–Crippen LogP) is 4.88. The highest BCUT2D eigenvalue weighted by Gasteiger charge is 2.38. The SMILES string of the molecule is CSCCCC1(C#N)CCC(C(C)(C)C)CC1. The summed E-state index contributed by atoms with van der Waals surface area (Å²) in [7, 11) is 0. The zero-order valence-corrected chi connectivity index (χ0v) is 12.7. The molecule has 0 amide bonds. The van der Waals surface area contributed by atoms with Crippen LogP contribution in [0.25, 0.3) is 0 Å². The lowest BCUT2D eigenvalue weighted by Gasteiger charge is -2.40. The van der Waals surface area contributed by atoms with Crippen molar-refractivity contribution in [1.82, 2.24) is 0 Å². The Labute approximate surface area is 111 Å². The van der Waals surface area contributed by atoms with Crippen LogP contribution in [-0.2, 0) is 0 Å². The lowest BCUT2D eigenvalue weighted by atomic mass is 9.63. The normalized spacial score (nSPS) is 29.9. The van der Waals surface area contributed by atoms with Crippen LogP contribution in [-0.4, -0.2) is 12.0 Å². The van der Waals surface area contributed by atoms with E-state index in [1.807, 2.05) is 11.8 Å². The predicted molar refractivity (Wildman–Crippen MR) is 77.1 cm³/mol. The van der Waals surface area contributed by atoms with Gasteiger partial charge in [0, 0.05) is 0 Å². The van der Waals surface area contributed by atoms with Crippen molar-refractivity contribution >= 4 is 11.8 Å². The molecule has 98 valence electrons. The molecule has 17 heavy (non-hydrogen) atoms. The first-order valence-corrected chi connectivity index (χ1v) is 8.23. The van der Waals surface area contributed by atoms with Crippen molar-refractivity contribution in [3.63, 3.8) is 0 Å². The maximum Gasteiger partial charge on any atom is 0.0689 e. The van der Waals surface area contributed by atoms with E-state index in [4.69, 9.17) is 0 Å². The van der Waals surface area contributed by atoms with Crippen LogP contribution >= 0.6 is 11.8 Å². The van der Waals surface area contributed by atoms with Gasteiger partial charge in [0.15, 0.2) is 0 Å². The smallest absolute Gasteiger partial charge is 0.0689 e. The molecule has 1 aliphatic carbocycles. The number of thioether (sulfide) groups is 1. The minimum Gasteiger partial charge on any atom is -0.198 e. The van der Waals surface area contributed by atoms with Crippen LogP contribution in [0.5, 0.6) is 0 Å². The Bertz CT molecular complexity index is 264. The average Bonchev–Trinajstić information content (AvgIpc) is 2.29. The molecule has 0 unspecified atom stereocenters. The molecule has 0 N–H and O–H groups in total. The van der Waals surface area contributed by atoms with Crippen LogP contribution in [0.2, 0.25) is 0 Å². The summed E-state index contributed by atoms with van der Waals surface area (Å²) in [6.45, 7) is 7.01. The van der Waals surface area contributed by atoms with Crippen LogP contribution in [0.4, 0.5) is 0 Å². The fourth-order valence-electron chi connectivity index (χ4n) is 3.01. The molecule has 0 aromatic rings. The Morgan fingerprint density at radius 2 is 1.88 bits per heavy atom. The zero-order valence-electron chi connectivity index (χ0n) is 11.9. The summed E-state index contributed by atoms with van der Waals surface area (Å²) in [5.74, 6) is 2.01. The van der Waals surface area contributed by atoms with Gasteiger partial charge in [0.25, 0.3) is 0 Å². The Balaban J connectivity index is 2.49. The molecule has 0 aromatic carbocycles. The Morgan fingerprint density at radius 1 is 1.29 bits per heavy atom. The third-order valence-corrected chi connectivity index (χ3v) is 5.11. The summed E-state index contributed by atoms with van der Waals surface area (Å²) in [5, 5.41) is 9.47. The fourth-order valence-corrected chi connectivity index (χ4v) is 3.44. The molecule has 1 aliphatic rings. The lowest BCUT2D eigenvalue weighted by Crippen LogP contribution is -2.31. The molecule has 0 spiro atoms. The summed E-state index contributed by atoms with van der Waals surface area (Å²) < 4.78 is 0. The highest BCUT2D eigenvalue weighted by molar-refractivity contribution is 7.98. The maximum atomic E-state index is 9.47. The van der Waals surface area contributed by atoms with Gasteiger partial charge in [-0.25, -0.2) is 0 Å². The van der Waals surface area contributed by atoms with E-state index >= 15 is 0 Å². The molecule has 0 aliphatic heterocycles. The van der Waals surface area contributed by atoms with E-state index in [1.165, 1.54) is 25.0 Å². The van der Waals surface area contributed by atoms with Gasteiger partial charge in [0.05, 0.1) is 11.5 Å². The number of nitrogens with zero attached hydrogens (tertiary/aromatic N) is 1. The highest BCUT2D eigenvalue weighted by atomic mass is 32.2. The van der Waals surface area contributed by atoms with Crippen LogP contribution < -0.4 is 0 Å². The van der Waals surface area contributed by atoms with Crippen molar-refractivity contribution in [2.75, 3.05) is 12.0 Å². The molecule has 1 fully saturated rings. The van der Waals surface area contributed by atoms with E-state index in [2.05, 4.69) is 33.1 Å². The van der Waals surface area contributed by atoms with Gasteiger partial charge in [-0.3, -0.25) is 0 Å². The molecule has 0 bridgehead atoms. The second-order valence-electron chi connectivity index (χ2n) is 6.63. The summed E-state index contributed by atoms with van der Waals surface area (Å²) in [6.07, 6.45) is 9.21. The van der Waals surface area contributed by atoms with Crippen molar-refractivity contribution in [3.05, 3.63) is 0 Å². The quantitative estimate of drug-likeness (QED) is 0.667. The molecule has 0 atom stereocenters. The van der Waals surface area contributed by atoms with E-state index in [9.17, 15) is 5.26 Å². The monoisotopic (exact) mass is 253 g/mol. The van der Waals surface area contributed by atoms with Gasteiger partial charge in [0.2, 0.25) is 0 Å². The highest BCUT2D eigenvalue weighted by Crippen LogP contribution is 2.47. The van der Waals surface area contributed by atoms with Crippen molar-refractivity contribution in [3.8, 4) is 6.07 Å². The Morgan fingerprint density at radius 3 is 2.29 bits per heavy atom. The largest absolute Gasteiger partial charge is 0.198 e. The van der Waals surface area contributed by atoms with Crippen LogP contribution in [0.15, 0.2) is 0 Å².